The molecule has 9 heteroatoms. The molecule has 0 aliphatic heterocycles. The maximum atomic E-state index is 12.9. The molecule has 2 aromatic carbocycles. The van der Waals surface area contributed by atoms with Crippen molar-refractivity contribution in [2.24, 2.45) is 0 Å². The number of esters is 1. The number of ether oxygens (including phenoxy) is 1. The zero-order valence-electron chi connectivity index (χ0n) is 24.0. The Kier molecular flexibility index (Phi) is 12.1. The van der Waals surface area contributed by atoms with Crippen LogP contribution in [0.3, 0.4) is 0 Å². The van der Waals surface area contributed by atoms with Gasteiger partial charge in [-0.1, -0.05) is 82.6 Å². The Bertz CT molecular complexity index is 1270. The van der Waals surface area contributed by atoms with E-state index in [9.17, 15) is 29.1 Å². The molecule has 0 unspecified atom stereocenters. The molecule has 0 saturated heterocycles. The molecule has 0 radical (unpaired) electrons. The van der Waals surface area contributed by atoms with E-state index in [2.05, 4.69) is 12.2 Å². The number of phenolic OH excluding ortho intramolecular Hbond substituents is 1. The van der Waals surface area contributed by atoms with Crippen molar-refractivity contribution < 1.29 is 33.8 Å². The fourth-order valence-electron chi connectivity index (χ4n) is 4.78. The van der Waals surface area contributed by atoms with Gasteiger partial charge in [0, 0.05) is 36.7 Å². The number of carbonyl (C=O) groups is 5. The van der Waals surface area contributed by atoms with Gasteiger partial charge in [0.05, 0.1) is 18.5 Å². The zero-order valence-corrected chi connectivity index (χ0v) is 24.0. The molecule has 0 fully saturated rings. The number of rotatable bonds is 16. The van der Waals surface area contributed by atoms with E-state index in [4.69, 9.17) is 4.74 Å². The Morgan fingerprint density at radius 2 is 1.41 bits per heavy atom. The quantitative estimate of drug-likeness (QED) is 0.143. The average Bonchev–Trinajstić information content (AvgIpc) is 2.97. The first-order valence-electron chi connectivity index (χ1n) is 14.5. The van der Waals surface area contributed by atoms with E-state index >= 15 is 0 Å². The maximum Gasteiger partial charge on any atom is 0.313 e. The van der Waals surface area contributed by atoms with Crippen LogP contribution in [0.1, 0.15) is 109 Å². The smallest absolute Gasteiger partial charge is 0.313 e. The molecule has 2 aromatic rings. The van der Waals surface area contributed by atoms with E-state index in [-0.39, 0.29) is 59.3 Å². The lowest BCUT2D eigenvalue weighted by molar-refractivity contribution is -0.136. The third-order valence-corrected chi connectivity index (χ3v) is 7.27. The lowest BCUT2D eigenvalue weighted by atomic mass is 9.83. The summed E-state index contributed by atoms with van der Waals surface area (Å²) in [5.74, 6) is -3.01. The van der Waals surface area contributed by atoms with Crippen molar-refractivity contribution >= 4 is 29.4 Å². The summed E-state index contributed by atoms with van der Waals surface area (Å²) < 4.78 is 5.25. The molecular formula is C32H40N2O7. The van der Waals surface area contributed by atoms with Crippen LogP contribution in [0.5, 0.6) is 11.5 Å². The minimum atomic E-state index is -0.732. The number of amides is 2. The number of carbonyl (C=O) groups excluding carboxylic acids is 5. The standard InChI is InChI=1S/C32H40N2O7/c1-3-4-5-6-7-8-9-10-11-16-26(35)33-21-27(36)34(2)20-19-28(37)41-25-18-17-24-29(32(25)40)31(39)23-15-13-12-14-22(23)30(24)38/h12-15,17-18,40H,3-11,16,19-21H2,1-2H3,(H,33,35). The van der Waals surface area contributed by atoms with Gasteiger partial charge in [0.15, 0.2) is 23.1 Å². The second kappa shape index (κ2) is 15.7. The van der Waals surface area contributed by atoms with Crippen LogP contribution in [-0.4, -0.2) is 59.5 Å². The number of aromatic hydroxyl groups is 1. The van der Waals surface area contributed by atoms with E-state index in [1.807, 2.05) is 0 Å². The Labute approximate surface area is 241 Å². The largest absolute Gasteiger partial charge is 0.504 e. The van der Waals surface area contributed by atoms with E-state index in [1.165, 1.54) is 68.7 Å². The number of fused-ring (bicyclic) bond motifs is 2. The Hall–Kier alpha value is -4.01. The van der Waals surface area contributed by atoms with Gasteiger partial charge in [-0.05, 0) is 18.6 Å². The minimum Gasteiger partial charge on any atom is -0.504 e. The van der Waals surface area contributed by atoms with Crippen LogP contribution >= 0.6 is 0 Å². The van der Waals surface area contributed by atoms with Crippen molar-refractivity contribution in [1.82, 2.24) is 10.2 Å². The SMILES string of the molecule is CCCCCCCCCCCC(=O)NCC(=O)N(C)CCC(=O)Oc1ccc2c(c1O)C(=O)c1ccccc1C2=O. The zero-order chi connectivity index (χ0) is 29.8. The monoisotopic (exact) mass is 564 g/mol. The molecule has 0 atom stereocenters. The van der Waals surface area contributed by atoms with Gasteiger partial charge in [-0.25, -0.2) is 0 Å². The average molecular weight is 565 g/mol. The number of hydrogen-bond donors (Lipinski definition) is 2. The van der Waals surface area contributed by atoms with Crippen LogP contribution < -0.4 is 10.1 Å². The Morgan fingerprint density at radius 3 is 2.07 bits per heavy atom. The number of phenols is 1. The van der Waals surface area contributed by atoms with E-state index in [1.54, 1.807) is 18.2 Å². The van der Waals surface area contributed by atoms with Crippen LogP contribution in [0.2, 0.25) is 0 Å². The molecule has 41 heavy (non-hydrogen) atoms. The lowest BCUT2D eigenvalue weighted by Gasteiger charge is -2.20. The van der Waals surface area contributed by atoms with Gasteiger partial charge < -0.3 is 20.1 Å². The summed E-state index contributed by atoms with van der Waals surface area (Å²) in [6.07, 6.45) is 10.6. The number of likely N-dealkylation sites (N-methyl/N-ethyl adjacent to an activating group) is 1. The van der Waals surface area contributed by atoms with Crippen LogP contribution in [0.4, 0.5) is 0 Å². The van der Waals surface area contributed by atoms with Crippen molar-refractivity contribution in [3.63, 3.8) is 0 Å². The first kappa shape index (κ1) is 31.5. The number of ketones is 2. The van der Waals surface area contributed by atoms with Gasteiger partial charge >= 0.3 is 5.97 Å². The number of unbranched alkanes of at least 4 members (excludes halogenated alkanes) is 8. The molecule has 9 nitrogen and oxygen atoms in total. The molecule has 0 spiro atoms. The lowest BCUT2D eigenvalue weighted by Crippen LogP contribution is -2.39. The fourth-order valence-corrected chi connectivity index (χ4v) is 4.78. The van der Waals surface area contributed by atoms with E-state index < -0.39 is 23.3 Å². The van der Waals surface area contributed by atoms with Crippen LogP contribution in [0.25, 0.3) is 0 Å². The number of hydrogen-bond acceptors (Lipinski definition) is 7. The second-order valence-electron chi connectivity index (χ2n) is 10.4. The molecule has 0 heterocycles. The summed E-state index contributed by atoms with van der Waals surface area (Å²) in [7, 11) is 1.51. The predicted molar refractivity (Wildman–Crippen MR) is 154 cm³/mol. The van der Waals surface area contributed by atoms with Gasteiger partial charge in [0.25, 0.3) is 0 Å². The van der Waals surface area contributed by atoms with Crippen molar-refractivity contribution in [3.8, 4) is 11.5 Å². The summed E-state index contributed by atoms with van der Waals surface area (Å²) in [6.45, 7) is 2.07. The van der Waals surface area contributed by atoms with Crippen LogP contribution in [-0.2, 0) is 14.4 Å². The molecule has 0 saturated carbocycles. The van der Waals surface area contributed by atoms with E-state index in [0.717, 1.165) is 19.3 Å². The highest BCUT2D eigenvalue weighted by molar-refractivity contribution is 6.29. The topological polar surface area (TPSA) is 130 Å². The molecule has 2 N–H and O–H groups in total. The highest BCUT2D eigenvalue weighted by Gasteiger charge is 2.33. The summed E-state index contributed by atoms with van der Waals surface area (Å²) in [6, 6.07) is 8.94. The Balaban J connectivity index is 1.38. The van der Waals surface area contributed by atoms with Gasteiger partial charge in [0.2, 0.25) is 11.8 Å². The van der Waals surface area contributed by atoms with Gasteiger partial charge in [-0.2, -0.15) is 0 Å². The summed E-state index contributed by atoms with van der Waals surface area (Å²) in [5.41, 5.74) is 0.256. The van der Waals surface area contributed by atoms with Crippen LogP contribution in [0.15, 0.2) is 36.4 Å². The first-order chi connectivity index (χ1) is 19.7. The molecule has 220 valence electrons. The first-order valence-corrected chi connectivity index (χ1v) is 14.5. The van der Waals surface area contributed by atoms with Crippen LogP contribution in [0, 0.1) is 0 Å². The molecule has 1 aliphatic rings. The number of nitrogens with zero attached hydrogens (tertiary/aromatic N) is 1. The van der Waals surface area contributed by atoms with Crippen molar-refractivity contribution in [3.05, 3.63) is 58.7 Å². The highest BCUT2D eigenvalue weighted by Crippen LogP contribution is 2.38. The summed E-state index contributed by atoms with van der Waals surface area (Å²) in [4.78, 5) is 63.9. The molecular weight excluding hydrogens is 524 g/mol. The summed E-state index contributed by atoms with van der Waals surface area (Å²) >= 11 is 0. The van der Waals surface area contributed by atoms with Gasteiger partial charge in [-0.3, -0.25) is 24.0 Å². The molecule has 2 amide bonds. The number of benzene rings is 2. The second-order valence-corrected chi connectivity index (χ2v) is 10.4. The number of nitrogens with one attached hydrogen (secondary N) is 1. The maximum absolute atomic E-state index is 12.9. The highest BCUT2D eigenvalue weighted by atomic mass is 16.5. The minimum absolute atomic E-state index is 0.0300. The van der Waals surface area contributed by atoms with Crippen molar-refractivity contribution in [2.45, 2.75) is 77.6 Å². The fraction of sp³-hybridized carbons (Fsp3) is 0.469. The molecule has 0 aromatic heterocycles. The van der Waals surface area contributed by atoms with E-state index in [0.29, 0.717) is 6.42 Å². The summed E-state index contributed by atoms with van der Waals surface area (Å²) in [5, 5.41) is 13.3. The molecule has 0 bridgehead atoms. The molecule has 3 rings (SSSR count). The van der Waals surface area contributed by atoms with Crippen molar-refractivity contribution in [1.29, 1.82) is 0 Å². The predicted octanol–water partition coefficient (Wildman–Crippen LogP) is 4.96. The normalized spacial score (nSPS) is 12.0. The van der Waals surface area contributed by atoms with Crippen molar-refractivity contribution in [2.75, 3.05) is 20.1 Å². The third-order valence-electron chi connectivity index (χ3n) is 7.27. The molecule has 1 aliphatic carbocycles. The van der Waals surface area contributed by atoms with Gasteiger partial charge in [-0.15, -0.1) is 0 Å². The van der Waals surface area contributed by atoms with Gasteiger partial charge in [0.1, 0.15) is 0 Å². The third kappa shape index (κ3) is 8.74. The Morgan fingerprint density at radius 1 is 0.805 bits per heavy atom.